The molecule has 0 bridgehead atoms. The highest BCUT2D eigenvalue weighted by atomic mass is 35.5. The van der Waals surface area contributed by atoms with Crippen LogP contribution in [0.5, 0.6) is 0 Å². The van der Waals surface area contributed by atoms with Gasteiger partial charge in [0.1, 0.15) is 5.02 Å². The maximum absolute atomic E-state index is 11.9. The van der Waals surface area contributed by atoms with Gasteiger partial charge in [-0.1, -0.05) is 28.4 Å². The van der Waals surface area contributed by atoms with Crippen LogP contribution in [0.15, 0.2) is 23.0 Å². The summed E-state index contributed by atoms with van der Waals surface area (Å²) in [6.45, 7) is 0.0172. The first-order chi connectivity index (χ1) is 9.49. The minimum atomic E-state index is -0.718. The van der Waals surface area contributed by atoms with E-state index >= 15 is 0 Å². The maximum atomic E-state index is 11.9. The van der Waals surface area contributed by atoms with E-state index in [0.29, 0.717) is 0 Å². The van der Waals surface area contributed by atoms with Crippen LogP contribution in [0.1, 0.15) is 16.2 Å². The summed E-state index contributed by atoms with van der Waals surface area (Å²) in [5, 5.41) is 16.5. The molecule has 1 N–H and O–H groups in total. The fourth-order valence-electron chi connectivity index (χ4n) is 1.37. The van der Waals surface area contributed by atoms with E-state index in [1.807, 2.05) is 0 Å². The Bertz CT molecular complexity index is 660. The molecule has 0 aliphatic heterocycles. The Morgan fingerprint density at radius 3 is 2.80 bits per heavy atom. The van der Waals surface area contributed by atoms with Crippen molar-refractivity contribution in [1.29, 1.82) is 0 Å². The van der Waals surface area contributed by atoms with Gasteiger partial charge in [0.25, 0.3) is 11.6 Å². The molecule has 10 heteroatoms. The SMILES string of the molecule is O=C(NCc1ncon1)c1cc(Cl)c(Cl)c([N+](=O)[O-])c1. The second kappa shape index (κ2) is 5.85. The quantitative estimate of drug-likeness (QED) is 0.683. The number of benzene rings is 1. The molecule has 0 atom stereocenters. The maximum Gasteiger partial charge on any atom is 0.290 e. The molecule has 0 aliphatic carbocycles. The molecule has 0 radical (unpaired) electrons. The Balaban J connectivity index is 2.19. The second-order valence-corrected chi connectivity index (χ2v) is 4.36. The number of nitro groups is 1. The standard InChI is InChI=1S/C10H6Cl2N4O4/c11-6-1-5(2-7(9(6)12)16(18)19)10(17)13-3-8-14-4-20-15-8/h1-2,4H,3H2,(H,13,17). The molecule has 0 saturated carbocycles. The van der Waals surface area contributed by atoms with Gasteiger partial charge in [0, 0.05) is 11.6 Å². The van der Waals surface area contributed by atoms with Crippen molar-refractivity contribution in [3.63, 3.8) is 0 Å². The van der Waals surface area contributed by atoms with Crippen LogP contribution in [-0.4, -0.2) is 21.0 Å². The first-order valence-electron chi connectivity index (χ1n) is 5.16. The van der Waals surface area contributed by atoms with Crippen LogP contribution in [0.25, 0.3) is 0 Å². The first-order valence-corrected chi connectivity index (χ1v) is 5.91. The van der Waals surface area contributed by atoms with Crippen molar-refractivity contribution in [2.24, 2.45) is 0 Å². The van der Waals surface area contributed by atoms with Crippen molar-refractivity contribution >= 4 is 34.8 Å². The van der Waals surface area contributed by atoms with Crippen molar-refractivity contribution in [2.45, 2.75) is 6.54 Å². The highest BCUT2D eigenvalue weighted by Gasteiger charge is 2.20. The van der Waals surface area contributed by atoms with Crippen LogP contribution >= 0.6 is 23.2 Å². The van der Waals surface area contributed by atoms with Gasteiger partial charge in [0.15, 0.2) is 5.82 Å². The third-order valence-electron chi connectivity index (χ3n) is 2.28. The summed E-state index contributed by atoms with van der Waals surface area (Å²) in [7, 11) is 0. The Labute approximate surface area is 121 Å². The number of aromatic nitrogens is 2. The van der Waals surface area contributed by atoms with E-state index in [4.69, 9.17) is 23.2 Å². The molecular formula is C10H6Cl2N4O4. The highest BCUT2D eigenvalue weighted by molar-refractivity contribution is 6.43. The molecule has 1 heterocycles. The van der Waals surface area contributed by atoms with Crippen LogP contribution in [0.2, 0.25) is 10.0 Å². The molecule has 0 saturated heterocycles. The van der Waals surface area contributed by atoms with E-state index in [9.17, 15) is 14.9 Å². The molecule has 104 valence electrons. The van der Waals surface area contributed by atoms with E-state index in [1.165, 1.54) is 6.07 Å². The van der Waals surface area contributed by atoms with Gasteiger partial charge in [-0.2, -0.15) is 4.98 Å². The lowest BCUT2D eigenvalue weighted by atomic mass is 10.2. The molecule has 1 aromatic carbocycles. The molecule has 20 heavy (non-hydrogen) atoms. The van der Waals surface area contributed by atoms with Crippen LogP contribution in [-0.2, 0) is 6.54 Å². The smallest absolute Gasteiger partial charge is 0.290 e. The Morgan fingerprint density at radius 2 is 2.20 bits per heavy atom. The van der Waals surface area contributed by atoms with Gasteiger partial charge < -0.3 is 9.84 Å². The summed E-state index contributed by atoms with van der Waals surface area (Å²) in [6.07, 6.45) is 1.12. The van der Waals surface area contributed by atoms with E-state index in [2.05, 4.69) is 20.0 Å². The number of halogens is 2. The number of amides is 1. The predicted octanol–water partition coefficient (Wildman–Crippen LogP) is 2.21. The van der Waals surface area contributed by atoms with Crippen LogP contribution in [0.4, 0.5) is 5.69 Å². The molecule has 0 aliphatic rings. The van der Waals surface area contributed by atoms with E-state index in [0.717, 1.165) is 12.5 Å². The first kappa shape index (κ1) is 14.2. The van der Waals surface area contributed by atoms with Gasteiger partial charge in [-0.3, -0.25) is 14.9 Å². The molecule has 1 amide bonds. The number of hydrogen-bond donors (Lipinski definition) is 1. The molecular weight excluding hydrogens is 311 g/mol. The average molecular weight is 317 g/mol. The number of hydrogen-bond acceptors (Lipinski definition) is 6. The Kier molecular flexibility index (Phi) is 4.16. The minimum absolute atomic E-state index is 0.00888. The van der Waals surface area contributed by atoms with E-state index < -0.39 is 16.5 Å². The number of nitrogens with one attached hydrogen (secondary N) is 1. The zero-order valence-corrected chi connectivity index (χ0v) is 11.2. The number of nitro benzene ring substituents is 1. The van der Waals surface area contributed by atoms with Crippen molar-refractivity contribution < 1.29 is 14.2 Å². The summed E-state index contributed by atoms with van der Waals surface area (Å²) < 4.78 is 4.50. The summed E-state index contributed by atoms with van der Waals surface area (Å²) in [6, 6.07) is 2.28. The number of carbonyl (C=O) groups excluding carboxylic acids is 1. The van der Waals surface area contributed by atoms with Crippen molar-refractivity contribution in [3.05, 3.63) is 50.1 Å². The summed E-state index contributed by atoms with van der Waals surface area (Å²) in [5.74, 6) is -0.302. The van der Waals surface area contributed by atoms with Crippen LogP contribution in [0.3, 0.4) is 0 Å². The fraction of sp³-hybridized carbons (Fsp3) is 0.100. The fourth-order valence-corrected chi connectivity index (χ4v) is 1.76. The molecule has 8 nitrogen and oxygen atoms in total. The molecule has 2 aromatic rings. The molecule has 0 spiro atoms. The van der Waals surface area contributed by atoms with Gasteiger partial charge in [0.2, 0.25) is 6.39 Å². The lowest BCUT2D eigenvalue weighted by Crippen LogP contribution is -2.23. The third-order valence-corrected chi connectivity index (χ3v) is 3.07. The molecule has 0 fully saturated rings. The normalized spacial score (nSPS) is 10.3. The average Bonchev–Trinajstić information content (AvgIpc) is 2.91. The number of nitrogens with zero attached hydrogens (tertiary/aromatic N) is 3. The topological polar surface area (TPSA) is 111 Å². The second-order valence-electron chi connectivity index (χ2n) is 3.58. The molecule has 1 aromatic heterocycles. The number of carbonyl (C=O) groups is 1. The zero-order chi connectivity index (χ0) is 14.7. The van der Waals surface area contributed by atoms with Crippen molar-refractivity contribution in [2.75, 3.05) is 0 Å². The Hall–Kier alpha value is -2.19. The van der Waals surface area contributed by atoms with Gasteiger partial charge in [0.05, 0.1) is 16.5 Å². The Morgan fingerprint density at radius 1 is 1.45 bits per heavy atom. The molecule has 2 rings (SSSR count). The van der Waals surface area contributed by atoms with Crippen LogP contribution in [0, 0.1) is 10.1 Å². The lowest BCUT2D eigenvalue weighted by molar-refractivity contribution is -0.384. The van der Waals surface area contributed by atoms with Gasteiger partial charge >= 0.3 is 0 Å². The van der Waals surface area contributed by atoms with Gasteiger partial charge in [-0.15, -0.1) is 0 Å². The number of rotatable bonds is 4. The summed E-state index contributed by atoms with van der Waals surface area (Å²) >= 11 is 11.4. The minimum Gasteiger partial charge on any atom is -0.345 e. The van der Waals surface area contributed by atoms with Crippen molar-refractivity contribution in [3.8, 4) is 0 Å². The van der Waals surface area contributed by atoms with Crippen molar-refractivity contribution in [1.82, 2.24) is 15.5 Å². The van der Waals surface area contributed by atoms with Gasteiger partial charge in [-0.05, 0) is 6.07 Å². The van der Waals surface area contributed by atoms with E-state index in [-0.39, 0.29) is 28.0 Å². The third kappa shape index (κ3) is 3.03. The van der Waals surface area contributed by atoms with E-state index in [1.54, 1.807) is 0 Å². The monoisotopic (exact) mass is 316 g/mol. The van der Waals surface area contributed by atoms with Crippen LogP contribution < -0.4 is 5.32 Å². The summed E-state index contributed by atoms with van der Waals surface area (Å²) in [4.78, 5) is 25.6. The largest absolute Gasteiger partial charge is 0.345 e. The summed E-state index contributed by atoms with van der Waals surface area (Å²) in [5.41, 5.74) is -0.432. The van der Waals surface area contributed by atoms with Gasteiger partial charge in [-0.25, -0.2) is 0 Å². The molecule has 0 unspecified atom stereocenters. The highest BCUT2D eigenvalue weighted by Crippen LogP contribution is 2.32. The lowest BCUT2D eigenvalue weighted by Gasteiger charge is -2.05. The predicted molar refractivity (Wildman–Crippen MR) is 68.6 cm³/mol. The zero-order valence-electron chi connectivity index (χ0n) is 9.67.